The number of hydrogen-bond donors (Lipinski definition) is 0. The van der Waals surface area contributed by atoms with Crippen molar-refractivity contribution in [3.05, 3.63) is 18.2 Å². The number of nitrogens with zero attached hydrogens (tertiary/aromatic N) is 1. The number of carbonyl (C=O) groups is 1. The third-order valence-corrected chi connectivity index (χ3v) is 4.17. The lowest BCUT2D eigenvalue weighted by molar-refractivity contribution is -0.126. The molecule has 1 aliphatic heterocycles. The Labute approximate surface area is 110 Å². The van der Waals surface area contributed by atoms with Crippen molar-refractivity contribution in [2.24, 2.45) is 0 Å². The van der Waals surface area contributed by atoms with Gasteiger partial charge in [-0.3, -0.25) is 4.79 Å². The van der Waals surface area contributed by atoms with Crippen molar-refractivity contribution in [1.82, 2.24) is 0 Å². The minimum absolute atomic E-state index is 0.0545. The topological polar surface area (TPSA) is 63.7 Å². The Bertz CT molecular complexity index is 599. The molecule has 1 aliphatic rings. The summed E-state index contributed by atoms with van der Waals surface area (Å²) in [6.45, 7) is 1.85. The first-order valence-corrected chi connectivity index (χ1v) is 7.68. The van der Waals surface area contributed by atoms with Gasteiger partial charge in [-0.15, -0.1) is 0 Å². The van der Waals surface area contributed by atoms with Crippen LogP contribution < -0.4 is 9.64 Å². The van der Waals surface area contributed by atoms with Gasteiger partial charge in [0.2, 0.25) is 0 Å². The van der Waals surface area contributed by atoms with Gasteiger partial charge in [-0.2, -0.15) is 0 Å². The molecule has 0 aliphatic carbocycles. The molecule has 1 aromatic rings. The van der Waals surface area contributed by atoms with Crippen LogP contribution in [0.15, 0.2) is 23.1 Å². The molecule has 1 amide bonds. The maximum atomic E-state index is 11.9. The summed E-state index contributed by atoms with van der Waals surface area (Å²) < 4.78 is 28.0. The molecule has 1 heterocycles. The molecule has 98 valence electrons. The standard InChI is InChI=1S/C11H12ClNO4S/c1-3-9-11(14)13(2)8-6-7(18(12,15)16)4-5-10(8)17-9/h4-6,9H,3H2,1-2H3. The first-order chi connectivity index (χ1) is 8.34. The summed E-state index contributed by atoms with van der Waals surface area (Å²) in [6.07, 6.45) is 0.0268. The van der Waals surface area contributed by atoms with Gasteiger partial charge in [0, 0.05) is 17.7 Å². The first kappa shape index (κ1) is 13.2. The molecule has 18 heavy (non-hydrogen) atoms. The summed E-state index contributed by atoms with van der Waals surface area (Å²) in [5.74, 6) is 0.280. The number of carbonyl (C=O) groups excluding carboxylic acids is 1. The monoisotopic (exact) mass is 289 g/mol. The van der Waals surface area contributed by atoms with Crippen LogP contribution in [0.4, 0.5) is 5.69 Å². The van der Waals surface area contributed by atoms with E-state index in [1.54, 1.807) is 7.05 Å². The fraction of sp³-hybridized carbons (Fsp3) is 0.364. The van der Waals surface area contributed by atoms with Gasteiger partial charge in [-0.25, -0.2) is 8.42 Å². The smallest absolute Gasteiger partial charge is 0.267 e. The van der Waals surface area contributed by atoms with Crippen LogP contribution in [0.25, 0.3) is 0 Å². The summed E-state index contributed by atoms with van der Waals surface area (Å²) >= 11 is 0. The number of ether oxygens (including phenoxy) is 1. The number of rotatable bonds is 2. The van der Waals surface area contributed by atoms with Crippen molar-refractivity contribution >= 4 is 31.3 Å². The Morgan fingerprint density at radius 1 is 1.44 bits per heavy atom. The van der Waals surface area contributed by atoms with Crippen LogP contribution in [-0.4, -0.2) is 27.5 Å². The molecular weight excluding hydrogens is 278 g/mol. The molecule has 1 atom stereocenters. The van der Waals surface area contributed by atoms with Crippen molar-refractivity contribution in [1.29, 1.82) is 0 Å². The highest BCUT2D eigenvalue weighted by Crippen LogP contribution is 2.36. The normalized spacial score (nSPS) is 19.4. The summed E-state index contributed by atoms with van der Waals surface area (Å²) in [5.41, 5.74) is 0.409. The molecule has 0 fully saturated rings. The zero-order chi connectivity index (χ0) is 13.5. The van der Waals surface area contributed by atoms with Crippen LogP contribution in [0, 0.1) is 0 Å². The zero-order valence-corrected chi connectivity index (χ0v) is 11.5. The van der Waals surface area contributed by atoms with Gasteiger partial charge >= 0.3 is 0 Å². The van der Waals surface area contributed by atoms with E-state index < -0.39 is 15.2 Å². The predicted molar refractivity (Wildman–Crippen MR) is 67.6 cm³/mol. The molecule has 0 saturated heterocycles. The van der Waals surface area contributed by atoms with E-state index in [4.69, 9.17) is 15.4 Å². The first-order valence-electron chi connectivity index (χ1n) is 5.37. The fourth-order valence-corrected chi connectivity index (χ4v) is 2.58. The van der Waals surface area contributed by atoms with Gasteiger partial charge in [-0.05, 0) is 24.6 Å². The predicted octanol–water partition coefficient (Wildman–Crippen LogP) is 1.75. The lowest BCUT2D eigenvalue weighted by Crippen LogP contribution is -2.43. The maximum absolute atomic E-state index is 11.9. The van der Waals surface area contributed by atoms with Crippen LogP contribution in [0.1, 0.15) is 13.3 Å². The van der Waals surface area contributed by atoms with E-state index in [-0.39, 0.29) is 10.8 Å². The average molecular weight is 290 g/mol. The van der Waals surface area contributed by atoms with E-state index in [2.05, 4.69) is 0 Å². The number of likely N-dealkylation sites (N-methyl/N-ethyl adjacent to an activating group) is 1. The molecule has 2 rings (SSSR count). The van der Waals surface area contributed by atoms with Crippen LogP contribution in [0.3, 0.4) is 0 Å². The highest BCUT2D eigenvalue weighted by Gasteiger charge is 2.31. The number of amides is 1. The fourth-order valence-electron chi connectivity index (χ4n) is 1.81. The Morgan fingerprint density at radius 2 is 2.11 bits per heavy atom. The largest absolute Gasteiger partial charge is 0.478 e. The lowest BCUT2D eigenvalue weighted by atomic mass is 10.1. The molecule has 0 N–H and O–H groups in total. The van der Waals surface area contributed by atoms with Gasteiger partial charge in [0.1, 0.15) is 5.75 Å². The minimum Gasteiger partial charge on any atom is -0.478 e. The second-order valence-electron chi connectivity index (χ2n) is 3.98. The van der Waals surface area contributed by atoms with Crippen molar-refractivity contribution in [3.63, 3.8) is 0 Å². The quantitative estimate of drug-likeness (QED) is 0.778. The Hall–Kier alpha value is -1.27. The van der Waals surface area contributed by atoms with Gasteiger partial charge in [0.05, 0.1) is 10.6 Å². The zero-order valence-electron chi connectivity index (χ0n) is 9.88. The van der Waals surface area contributed by atoms with Crippen LogP contribution in [0.2, 0.25) is 0 Å². The molecule has 0 radical (unpaired) electrons. The SMILES string of the molecule is CCC1Oc2ccc(S(=O)(=O)Cl)cc2N(C)C1=O. The molecule has 0 aromatic heterocycles. The number of anilines is 1. The van der Waals surface area contributed by atoms with E-state index in [0.29, 0.717) is 17.9 Å². The number of benzene rings is 1. The van der Waals surface area contributed by atoms with E-state index in [1.807, 2.05) is 6.92 Å². The molecule has 0 saturated carbocycles. The average Bonchev–Trinajstić information content (AvgIpc) is 2.32. The number of halogens is 1. The Morgan fingerprint density at radius 3 is 2.67 bits per heavy atom. The third-order valence-electron chi connectivity index (χ3n) is 2.82. The summed E-state index contributed by atoms with van der Waals surface area (Å²) in [7, 11) is 3.03. The maximum Gasteiger partial charge on any atom is 0.267 e. The van der Waals surface area contributed by atoms with E-state index in [0.717, 1.165) is 0 Å². The summed E-state index contributed by atoms with van der Waals surface area (Å²) in [6, 6.07) is 4.20. The highest BCUT2D eigenvalue weighted by atomic mass is 35.7. The van der Waals surface area contributed by atoms with Crippen LogP contribution in [0.5, 0.6) is 5.75 Å². The molecule has 0 bridgehead atoms. The van der Waals surface area contributed by atoms with Crippen molar-refractivity contribution in [3.8, 4) is 5.75 Å². The molecule has 1 aromatic carbocycles. The van der Waals surface area contributed by atoms with Crippen molar-refractivity contribution < 1.29 is 17.9 Å². The van der Waals surface area contributed by atoms with Crippen molar-refractivity contribution in [2.75, 3.05) is 11.9 Å². The van der Waals surface area contributed by atoms with Gasteiger partial charge in [-0.1, -0.05) is 6.92 Å². The Balaban J connectivity index is 2.52. The third kappa shape index (κ3) is 2.18. The highest BCUT2D eigenvalue weighted by molar-refractivity contribution is 8.13. The number of hydrogen-bond acceptors (Lipinski definition) is 4. The van der Waals surface area contributed by atoms with E-state index in [1.165, 1.54) is 23.1 Å². The summed E-state index contributed by atoms with van der Waals surface area (Å²) in [4.78, 5) is 13.2. The second kappa shape index (κ2) is 4.44. The lowest BCUT2D eigenvalue weighted by Gasteiger charge is -2.31. The Kier molecular flexibility index (Phi) is 3.25. The van der Waals surface area contributed by atoms with Gasteiger partial charge in [0.15, 0.2) is 6.10 Å². The number of fused-ring (bicyclic) bond motifs is 1. The minimum atomic E-state index is -3.82. The second-order valence-corrected chi connectivity index (χ2v) is 6.55. The molecule has 0 spiro atoms. The van der Waals surface area contributed by atoms with Crippen LogP contribution >= 0.6 is 10.7 Å². The van der Waals surface area contributed by atoms with E-state index >= 15 is 0 Å². The van der Waals surface area contributed by atoms with Gasteiger partial charge < -0.3 is 9.64 Å². The van der Waals surface area contributed by atoms with Crippen molar-refractivity contribution in [2.45, 2.75) is 24.3 Å². The molecule has 1 unspecified atom stereocenters. The van der Waals surface area contributed by atoms with Crippen LogP contribution in [-0.2, 0) is 13.8 Å². The summed E-state index contributed by atoms with van der Waals surface area (Å²) in [5, 5.41) is 0. The van der Waals surface area contributed by atoms with Gasteiger partial charge in [0.25, 0.3) is 15.0 Å². The molecule has 7 heteroatoms. The van der Waals surface area contributed by atoms with E-state index in [9.17, 15) is 13.2 Å². The molecule has 5 nitrogen and oxygen atoms in total. The molecular formula is C11H12ClNO4S.